The monoisotopic (exact) mass is 464 g/mol. The largest absolute Gasteiger partial charge is 0.429 e. The summed E-state index contributed by atoms with van der Waals surface area (Å²) >= 11 is 11.3. The number of nitrogens with zero attached hydrogens (tertiary/aromatic N) is 3. The number of alkyl halides is 6. The highest BCUT2D eigenvalue weighted by molar-refractivity contribution is 6.36. The van der Waals surface area contributed by atoms with E-state index < -0.39 is 66.3 Å². The number of anilines is 2. The number of rotatable bonds is 4. The summed E-state index contributed by atoms with van der Waals surface area (Å²) < 4.78 is 77.4. The fourth-order valence-electron chi connectivity index (χ4n) is 2.13. The summed E-state index contributed by atoms with van der Waals surface area (Å²) in [5.74, 6) is -0.593. The van der Waals surface area contributed by atoms with E-state index in [4.69, 9.17) is 23.2 Å². The van der Waals surface area contributed by atoms with Gasteiger partial charge in [0, 0.05) is 12.3 Å². The lowest BCUT2D eigenvalue weighted by atomic mass is 10.1. The van der Waals surface area contributed by atoms with Crippen LogP contribution in [0.3, 0.4) is 0 Å². The zero-order valence-corrected chi connectivity index (χ0v) is 14.7. The van der Waals surface area contributed by atoms with Crippen molar-refractivity contribution in [2.24, 2.45) is 0 Å². The fourth-order valence-corrected chi connectivity index (χ4v) is 2.61. The fraction of sp³-hybridized carbons (Fsp3) is 0.154. The maximum absolute atomic E-state index is 13.2. The van der Waals surface area contributed by atoms with Gasteiger partial charge in [-0.1, -0.05) is 23.2 Å². The zero-order chi connectivity index (χ0) is 22.3. The van der Waals surface area contributed by atoms with E-state index in [2.05, 4.69) is 10.3 Å². The van der Waals surface area contributed by atoms with Gasteiger partial charge in [0.2, 0.25) is 5.56 Å². The van der Waals surface area contributed by atoms with Crippen molar-refractivity contribution in [3.63, 3.8) is 0 Å². The lowest BCUT2D eigenvalue weighted by molar-refractivity contribution is -0.399. The Morgan fingerprint density at radius 2 is 1.55 bits per heavy atom. The molecule has 0 saturated carbocycles. The van der Waals surface area contributed by atoms with Gasteiger partial charge in [-0.3, -0.25) is 20.2 Å². The SMILES string of the molecule is O=[N+]([O-])c1cc(Nc2ncc(C(F)(F)F)cc2Cl)c(Cl)c([N+](=O)[O-])c1C(F)(F)F. The van der Waals surface area contributed by atoms with Gasteiger partial charge in [0.05, 0.1) is 26.1 Å². The molecule has 1 N–H and O–H groups in total. The van der Waals surface area contributed by atoms with Gasteiger partial charge in [0.15, 0.2) is 0 Å². The van der Waals surface area contributed by atoms with E-state index >= 15 is 0 Å². The Kier molecular flexibility index (Phi) is 5.81. The number of benzene rings is 1. The quantitative estimate of drug-likeness (QED) is 0.338. The van der Waals surface area contributed by atoms with Crippen molar-refractivity contribution < 1.29 is 36.2 Å². The minimum atomic E-state index is -5.50. The number of nitrogens with one attached hydrogen (secondary N) is 1. The molecule has 156 valence electrons. The summed E-state index contributed by atoms with van der Waals surface area (Å²) in [6, 6.07) is 0.644. The van der Waals surface area contributed by atoms with Crippen molar-refractivity contribution in [2.75, 3.05) is 5.32 Å². The molecule has 0 fully saturated rings. The smallest absolute Gasteiger partial charge is 0.337 e. The molecule has 2 aromatic rings. The van der Waals surface area contributed by atoms with Crippen molar-refractivity contribution >= 4 is 46.1 Å². The number of halogens is 8. The maximum Gasteiger partial charge on any atom is 0.429 e. The molecule has 0 spiro atoms. The number of pyridine rings is 1. The average Bonchev–Trinajstić information content (AvgIpc) is 2.55. The summed E-state index contributed by atoms with van der Waals surface area (Å²) in [4.78, 5) is 22.3. The van der Waals surface area contributed by atoms with Crippen LogP contribution in [0, 0.1) is 20.2 Å². The van der Waals surface area contributed by atoms with Crippen LogP contribution in [0.5, 0.6) is 0 Å². The first-order chi connectivity index (χ1) is 13.1. The van der Waals surface area contributed by atoms with Crippen LogP contribution < -0.4 is 5.32 Å². The Hall–Kier alpha value is -2.87. The Balaban J connectivity index is 2.69. The molecule has 0 atom stereocenters. The second-order valence-corrected chi connectivity index (χ2v) is 5.96. The van der Waals surface area contributed by atoms with Crippen LogP contribution >= 0.6 is 23.2 Å². The first kappa shape index (κ1) is 22.4. The summed E-state index contributed by atoms with van der Waals surface area (Å²) in [5.41, 5.74) is -7.79. The van der Waals surface area contributed by atoms with Crippen molar-refractivity contribution in [3.05, 3.63) is 59.7 Å². The number of aromatic nitrogens is 1. The Morgan fingerprint density at radius 1 is 0.966 bits per heavy atom. The molecule has 16 heteroatoms. The highest BCUT2D eigenvalue weighted by Gasteiger charge is 2.48. The van der Waals surface area contributed by atoms with Crippen molar-refractivity contribution in [3.8, 4) is 0 Å². The Morgan fingerprint density at radius 3 is 1.97 bits per heavy atom. The minimum Gasteiger partial charge on any atom is -0.337 e. The number of nitro benzene ring substituents is 2. The topological polar surface area (TPSA) is 111 Å². The number of hydrogen-bond donors (Lipinski definition) is 1. The van der Waals surface area contributed by atoms with E-state index in [1.54, 1.807) is 0 Å². The Bertz CT molecular complexity index is 1010. The van der Waals surface area contributed by atoms with Gasteiger partial charge in [0.25, 0.3) is 5.69 Å². The van der Waals surface area contributed by atoms with Crippen molar-refractivity contribution in [1.29, 1.82) is 0 Å². The lowest BCUT2D eigenvalue weighted by Crippen LogP contribution is -2.14. The molecule has 0 unspecified atom stereocenters. The van der Waals surface area contributed by atoms with Gasteiger partial charge in [-0.2, -0.15) is 26.3 Å². The normalized spacial score (nSPS) is 12.0. The van der Waals surface area contributed by atoms with Gasteiger partial charge >= 0.3 is 18.0 Å². The van der Waals surface area contributed by atoms with Crippen molar-refractivity contribution in [1.82, 2.24) is 4.98 Å². The molecule has 0 aliphatic rings. The zero-order valence-electron chi connectivity index (χ0n) is 13.2. The van der Waals surface area contributed by atoms with Gasteiger partial charge in [-0.15, -0.1) is 0 Å². The van der Waals surface area contributed by atoms with Gasteiger partial charge < -0.3 is 5.32 Å². The second kappa shape index (κ2) is 7.51. The van der Waals surface area contributed by atoms with Crippen LogP contribution in [-0.2, 0) is 12.4 Å². The predicted molar refractivity (Wildman–Crippen MR) is 87.3 cm³/mol. The van der Waals surface area contributed by atoms with E-state index in [0.717, 1.165) is 0 Å². The molecule has 1 aromatic heterocycles. The molecule has 0 radical (unpaired) electrons. The molecule has 0 aliphatic carbocycles. The summed E-state index contributed by atoms with van der Waals surface area (Å²) in [6.45, 7) is 0. The third kappa shape index (κ3) is 4.59. The van der Waals surface area contributed by atoms with Crippen LogP contribution in [0.4, 0.5) is 49.2 Å². The Labute approximate surface area is 165 Å². The number of nitro groups is 2. The molecule has 8 nitrogen and oxygen atoms in total. The highest BCUT2D eigenvalue weighted by atomic mass is 35.5. The minimum absolute atomic E-state index is 0.230. The van der Waals surface area contributed by atoms with E-state index in [1.807, 2.05) is 0 Å². The predicted octanol–water partition coefficient (Wildman–Crippen LogP) is 5.99. The summed E-state index contributed by atoms with van der Waals surface area (Å²) in [5, 5.41) is 22.3. The molecule has 1 heterocycles. The molecule has 29 heavy (non-hydrogen) atoms. The van der Waals surface area contributed by atoms with Gasteiger partial charge in [-0.25, -0.2) is 4.98 Å². The first-order valence-electron chi connectivity index (χ1n) is 6.86. The summed E-state index contributed by atoms with van der Waals surface area (Å²) in [6.07, 6.45) is -10.00. The standard InChI is InChI=1S/C13H4Cl2F6N4O4/c14-5-1-4(12(16,17)18)3-22-11(5)23-6-2-7(24(26)27)8(13(19,20)21)10(9(6)15)25(28)29/h1-3H,(H,22,23). The van der Waals surface area contributed by atoms with Crippen LogP contribution in [-0.4, -0.2) is 14.8 Å². The third-order valence-electron chi connectivity index (χ3n) is 3.30. The lowest BCUT2D eigenvalue weighted by Gasteiger charge is -2.14. The van der Waals surface area contributed by atoms with E-state index in [1.165, 1.54) is 0 Å². The molecular formula is C13H4Cl2F6N4O4. The molecule has 1 aromatic carbocycles. The molecular weight excluding hydrogens is 461 g/mol. The molecule has 2 rings (SSSR count). The van der Waals surface area contributed by atoms with Crippen LogP contribution in [0.15, 0.2) is 18.3 Å². The summed E-state index contributed by atoms with van der Waals surface area (Å²) in [7, 11) is 0. The molecule has 0 amide bonds. The van der Waals surface area contributed by atoms with E-state index in [0.29, 0.717) is 12.3 Å². The first-order valence-corrected chi connectivity index (χ1v) is 7.62. The maximum atomic E-state index is 13.2. The molecule has 0 saturated heterocycles. The van der Waals surface area contributed by atoms with Gasteiger partial charge in [0.1, 0.15) is 10.8 Å². The second-order valence-electron chi connectivity index (χ2n) is 5.17. The highest BCUT2D eigenvalue weighted by Crippen LogP contribution is 2.49. The third-order valence-corrected chi connectivity index (χ3v) is 3.97. The molecule has 0 aliphatic heterocycles. The van der Waals surface area contributed by atoms with Crippen LogP contribution in [0.25, 0.3) is 0 Å². The average molecular weight is 465 g/mol. The van der Waals surface area contributed by atoms with E-state index in [9.17, 15) is 46.6 Å². The van der Waals surface area contributed by atoms with Gasteiger partial charge in [-0.05, 0) is 6.07 Å². The molecule has 0 bridgehead atoms. The van der Waals surface area contributed by atoms with Crippen molar-refractivity contribution in [2.45, 2.75) is 12.4 Å². The van der Waals surface area contributed by atoms with Crippen LogP contribution in [0.1, 0.15) is 11.1 Å². The van der Waals surface area contributed by atoms with Crippen LogP contribution in [0.2, 0.25) is 10.0 Å². The number of hydrogen-bond acceptors (Lipinski definition) is 6. The van der Waals surface area contributed by atoms with E-state index in [-0.39, 0.29) is 6.07 Å².